The predicted octanol–water partition coefficient (Wildman–Crippen LogP) is 1.37. The summed E-state index contributed by atoms with van der Waals surface area (Å²) in [5.74, 6) is 0. The highest BCUT2D eigenvalue weighted by atomic mass is 15.0. The van der Waals surface area contributed by atoms with Gasteiger partial charge in [0.05, 0.1) is 0 Å². The normalized spacial score (nSPS) is 27.5. The second-order valence-electron chi connectivity index (χ2n) is 4.94. The zero-order valence-electron chi connectivity index (χ0n) is 8.78. The molecule has 0 aliphatic carbocycles. The van der Waals surface area contributed by atoms with Gasteiger partial charge in [0.15, 0.2) is 0 Å². The van der Waals surface area contributed by atoms with Crippen LogP contribution in [0.1, 0.15) is 34.1 Å². The maximum atomic E-state index is 3.66. The van der Waals surface area contributed by atoms with Crippen LogP contribution in [0.4, 0.5) is 0 Å². The molecule has 2 nitrogen and oxygen atoms in total. The molecule has 1 fully saturated rings. The van der Waals surface area contributed by atoms with Gasteiger partial charge in [0, 0.05) is 18.6 Å². The van der Waals surface area contributed by atoms with E-state index in [9.17, 15) is 0 Å². The van der Waals surface area contributed by atoms with Crippen LogP contribution in [0, 0.1) is 5.41 Å². The monoisotopic (exact) mass is 170 g/mol. The molecule has 0 spiro atoms. The van der Waals surface area contributed by atoms with Crippen LogP contribution in [0.2, 0.25) is 0 Å². The Balaban J connectivity index is 2.30. The summed E-state index contributed by atoms with van der Waals surface area (Å²) in [6, 6.07) is 1.29. The molecular formula is C10H22N2. The van der Waals surface area contributed by atoms with Crippen molar-refractivity contribution in [1.82, 2.24) is 10.6 Å². The first kappa shape index (κ1) is 10.0. The molecule has 1 aliphatic rings. The first-order chi connectivity index (χ1) is 5.50. The molecule has 2 N–H and O–H groups in total. The van der Waals surface area contributed by atoms with Crippen molar-refractivity contribution < 1.29 is 0 Å². The minimum absolute atomic E-state index is 0.378. The van der Waals surface area contributed by atoms with E-state index in [1.165, 1.54) is 13.0 Å². The molecule has 2 unspecified atom stereocenters. The summed E-state index contributed by atoms with van der Waals surface area (Å²) in [5.41, 5.74) is 0.378. The van der Waals surface area contributed by atoms with Gasteiger partial charge in [0.1, 0.15) is 0 Å². The van der Waals surface area contributed by atoms with Crippen LogP contribution in [0.5, 0.6) is 0 Å². The van der Waals surface area contributed by atoms with Gasteiger partial charge >= 0.3 is 0 Å². The van der Waals surface area contributed by atoms with E-state index in [0.717, 1.165) is 6.54 Å². The summed E-state index contributed by atoms with van der Waals surface area (Å²) in [5, 5.41) is 7.02. The fourth-order valence-electron chi connectivity index (χ4n) is 1.40. The molecule has 2 heteroatoms. The van der Waals surface area contributed by atoms with Gasteiger partial charge in [-0.3, -0.25) is 0 Å². The van der Waals surface area contributed by atoms with Gasteiger partial charge in [-0.25, -0.2) is 0 Å². The second kappa shape index (κ2) is 3.75. The number of hydrogen-bond donors (Lipinski definition) is 2. The molecule has 1 saturated heterocycles. The summed E-state index contributed by atoms with van der Waals surface area (Å²) in [7, 11) is 0. The van der Waals surface area contributed by atoms with Gasteiger partial charge in [-0.05, 0) is 25.3 Å². The lowest BCUT2D eigenvalue weighted by atomic mass is 9.87. The predicted molar refractivity (Wildman–Crippen MR) is 53.3 cm³/mol. The van der Waals surface area contributed by atoms with Crippen LogP contribution in [0.3, 0.4) is 0 Å². The highest BCUT2D eigenvalue weighted by Crippen LogP contribution is 2.19. The number of nitrogens with one attached hydrogen (secondary N) is 2. The van der Waals surface area contributed by atoms with Crippen LogP contribution in [-0.2, 0) is 0 Å². The van der Waals surface area contributed by atoms with Crippen LogP contribution in [0.15, 0.2) is 0 Å². The lowest BCUT2D eigenvalue weighted by molar-refractivity contribution is 0.267. The van der Waals surface area contributed by atoms with Gasteiger partial charge in [-0.2, -0.15) is 0 Å². The molecule has 2 atom stereocenters. The summed E-state index contributed by atoms with van der Waals surface area (Å²) in [6.07, 6.45) is 1.28. The molecular weight excluding hydrogens is 148 g/mol. The largest absolute Gasteiger partial charge is 0.315 e. The second-order valence-corrected chi connectivity index (χ2v) is 4.94. The first-order valence-corrected chi connectivity index (χ1v) is 4.97. The van der Waals surface area contributed by atoms with Crippen LogP contribution in [-0.4, -0.2) is 25.2 Å². The minimum Gasteiger partial charge on any atom is -0.315 e. The van der Waals surface area contributed by atoms with Crippen molar-refractivity contribution in [3.05, 3.63) is 0 Å². The van der Waals surface area contributed by atoms with E-state index in [0.29, 0.717) is 17.5 Å². The third-order valence-electron chi connectivity index (χ3n) is 2.85. The quantitative estimate of drug-likeness (QED) is 0.654. The molecule has 72 valence electrons. The number of hydrogen-bond acceptors (Lipinski definition) is 2. The molecule has 0 aromatic carbocycles. The van der Waals surface area contributed by atoms with Crippen LogP contribution >= 0.6 is 0 Å². The SMILES string of the molecule is CC(NC1CCNC1)C(C)(C)C. The molecule has 0 aromatic rings. The zero-order valence-corrected chi connectivity index (χ0v) is 8.78. The van der Waals surface area contributed by atoms with Crippen molar-refractivity contribution in [2.45, 2.75) is 46.2 Å². The van der Waals surface area contributed by atoms with Gasteiger partial charge in [0.2, 0.25) is 0 Å². The smallest absolute Gasteiger partial charge is 0.0207 e. The number of rotatable bonds is 2. The molecule has 1 heterocycles. The van der Waals surface area contributed by atoms with Crippen LogP contribution in [0.25, 0.3) is 0 Å². The Hall–Kier alpha value is -0.0800. The average molecular weight is 170 g/mol. The van der Waals surface area contributed by atoms with Gasteiger partial charge in [-0.15, -0.1) is 0 Å². The molecule has 0 bridgehead atoms. The van der Waals surface area contributed by atoms with Crippen molar-refractivity contribution in [3.8, 4) is 0 Å². The van der Waals surface area contributed by atoms with E-state index in [2.05, 4.69) is 38.3 Å². The Morgan fingerprint density at radius 2 is 2.08 bits per heavy atom. The molecule has 1 rings (SSSR count). The lowest BCUT2D eigenvalue weighted by Gasteiger charge is -2.30. The van der Waals surface area contributed by atoms with E-state index < -0.39 is 0 Å². The summed E-state index contributed by atoms with van der Waals surface area (Å²) >= 11 is 0. The fourth-order valence-corrected chi connectivity index (χ4v) is 1.40. The minimum atomic E-state index is 0.378. The Labute approximate surface area is 76.1 Å². The van der Waals surface area contributed by atoms with Crippen molar-refractivity contribution in [1.29, 1.82) is 0 Å². The van der Waals surface area contributed by atoms with Crippen molar-refractivity contribution in [2.24, 2.45) is 5.41 Å². The Bertz CT molecular complexity index is 131. The third kappa shape index (κ3) is 2.76. The maximum Gasteiger partial charge on any atom is 0.0207 e. The summed E-state index contributed by atoms with van der Waals surface area (Å²) in [6.45, 7) is 11.4. The maximum absolute atomic E-state index is 3.66. The fraction of sp³-hybridized carbons (Fsp3) is 1.00. The average Bonchev–Trinajstić information content (AvgIpc) is 2.37. The molecule has 12 heavy (non-hydrogen) atoms. The van der Waals surface area contributed by atoms with Gasteiger partial charge in [0.25, 0.3) is 0 Å². The Kier molecular flexibility index (Phi) is 3.13. The first-order valence-electron chi connectivity index (χ1n) is 4.97. The topological polar surface area (TPSA) is 24.1 Å². The Morgan fingerprint density at radius 1 is 1.42 bits per heavy atom. The Morgan fingerprint density at radius 3 is 2.50 bits per heavy atom. The highest BCUT2D eigenvalue weighted by molar-refractivity contribution is 4.84. The van der Waals surface area contributed by atoms with E-state index in [-0.39, 0.29) is 0 Å². The molecule has 0 radical (unpaired) electrons. The summed E-state index contributed by atoms with van der Waals surface area (Å²) in [4.78, 5) is 0. The highest BCUT2D eigenvalue weighted by Gasteiger charge is 2.23. The summed E-state index contributed by atoms with van der Waals surface area (Å²) < 4.78 is 0. The van der Waals surface area contributed by atoms with Crippen molar-refractivity contribution >= 4 is 0 Å². The lowest BCUT2D eigenvalue weighted by Crippen LogP contribution is -2.44. The van der Waals surface area contributed by atoms with E-state index in [4.69, 9.17) is 0 Å². The molecule has 0 saturated carbocycles. The van der Waals surface area contributed by atoms with Crippen molar-refractivity contribution in [3.63, 3.8) is 0 Å². The van der Waals surface area contributed by atoms with Crippen molar-refractivity contribution in [2.75, 3.05) is 13.1 Å². The van der Waals surface area contributed by atoms with Crippen LogP contribution < -0.4 is 10.6 Å². The molecule has 0 aromatic heterocycles. The van der Waals surface area contributed by atoms with E-state index in [1.807, 2.05) is 0 Å². The molecule has 0 amide bonds. The van der Waals surface area contributed by atoms with Gasteiger partial charge < -0.3 is 10.6 Å². The zero-order chi connectivity index (χ0) is 9.19. The molecule has 1 aliphatic heterocycles. The van der Waals surface area contributed by atoms with E-state index >= 15 is 0 Å². The van der Waals surface area contributed by atoms with Gasteiger partial charge in [-0.1, -0.05) is 20.8 Å². The third-order valence-corrected chi connectivity index (χ3v) is 2.85. The standard InChI is InChI=1S/C10H22N2/c1-8(10(2,3)4)12-9-5-6-11-7-9/h8-9,11-12H,5-7H2,1-4H3. The van der Waals surface area contributed by atoms with E-state index in [1.54, 1.807) is 0 Å².